The van der Waals surface area contributed by atoms with Crippen LogP contribution in [0.25, 0.3) is 10.8 Å². The molecular formula is C22H20N2O2. The van der Waals surface area contributed by atoms with E-state index in [0.29, 0.717) is 13.0 Å². The smallest absolute Gasteiger partial charge is 0.228 e. The molecule has 4 heteroatoms. The second kappa shape index (κ2) is 6.64. The molecule has 3 aromatic carbocycles. The van der Waals surface area contributed by atoms with Crippen molar-refractivity contribution in [3.8, 4) is 0 Å². The Bertz CT molecular complexity index is 1000. The maximum atomic E-state index is 12.5. The minimum atomic E-state index is -0.0614. The van der Waals surface area contributed by atoms with Crippen molar-refractivity contribution in [2.24, 2.45) is 0 Å². The number of fused-ring (bicyclic) bond motifs is 2. The highest BCUT2D eigenvalue weighted by molar-refractivity contribution is 5.98. The third-order valence-corrected chi connectivity index (χ3v) is 4.88. The highest BCUT2D eigenvalue weighted by Gasteiger charge is 2.22. The molecule has 0 aromatic heterocycles. The van der Waals surface area contributed by atoms with Gasteiger partial charge in [-0.2, -0.15) is 0 Å². The number of anilines is 2. The molecule has 26 heavy (non-hydrogen) atoms. The standard InChI is InChI=1S/C22H20N2O2/c1-15(25)24-12-11-17-9-10-19(14-21(17)24)23-22(26)13-18-7-4-6-16-5-2-3-8-20(16)18/h2-10,14H,11-13H2,1H3,(H,23,26). The highest BCUT2D eigenvalue weighted by atomic mass is 16.2. The second-order valence-corrected chi connectivity index (χ2v) is 6.63. The lowest BCUT2D eigenvalue weighted by Gasteiger charge is -2.16. The van der Waals surface area contributed by atoms with E-state index in [1.54, 1.807) is 11.8 Å². The molecule has 0 atom stereocenters. The molecule has 0 spiro atoms. The highest BCUT2D eigenvalue weighted by Crippen LogP contribution is 2.31. The molecule has 0 radical (unpaired) electrons. The van der Waals surface area contributed by atoms with Crippen LogP contribution in [0.1, 0.15) is 18.1 Å². The van der Waals surface area contributed by atoms with Crippen LogP contribution in [-0.2, 0) is 22.4 Å². The fourth-order valence-electron chi connectivity index (χ4n) is 3.61. The van der Waals surface area contributed by atoms with Crippen molar-refractivity contribution in [2.45, 2.75) is 19.8 Å². The quantitative estimate of drug-likeness (QED) is 0.783. The average molecular weight is 344 g/mol. The van der Waals surface area contributed by atoms with Gasteiger partial charge in [0.05, 0.1) is 6.42 Å². The summed E-state index contributed by atoms with van der Waals surface area (Å²) in [4.78, 5) is 26.1. The summed E-state index contributed by atoms with van der Waals surface area (Å²) < 4.78 is 0. The molecule has 0 saturated carbocycles. The van der Waals surface area contributed by atoms with Crippen molar-refractivity contribution in [3.63, 3.8) is 0 Å². The van der Waals surface area contributed by atoms with Crippen LogP contribution in [0.5, 0.6) is 0 Å². The van der Waals surface area contributed by atoms with E-state index in [9.17, 15) is 9.59 Å². The third kappa shape index (κ3) is 3.06. The number of rotatable bonds is 3. The number of carbonyl (C=O) groups excluding carboxylic acids is 2. The summed E-state index contributed by atoms with van der Waals surface area (Å²) in [5.41, 5.74) is 3.78. The van der Waals surface area contributed by atoms with Crippen LogP contribution < -0.4 is 10.2 Å². The van der Waals surface area contributed by atoms with Crippen LogP contribution in [0, 0.1) is 0 Å². The molecule has 4 rings (SSSR count). The zero-order valence-corrected chi connectivity index (χ0v) is 14.7. The van der Waals surface area contributed by atoms with Gasteiger partial charge in [-0.25, -0.2) is 0 Å². The molecule has 2 amide bonds. The molecule has 1 N–H and O–H groups in total. The largest absolute Gasteiger partial charge is 0.326 e. The number of benzene rings is 3. The molecule has 4 nitrogen and oxygen atoms in total. The summed E-state index contributed by atoms with van der Waals surface area (Å²) in [6.45, 7) is 2.28. The van der Waals surface area contributed by atoms with E-state index in [1.165, 1.54) is 0 Å². The first-order chi connectivity index (χ1) is 12.6. The average Bonchev–Trinajstić information content (AvgIpc) is 3.05. The number of nitrogens with zero attached hydrogens (tertiary/aromatic N) is 1. The Kier molecular flexibility index (Phi) is 4.17. The summed E-state index contributed by atoms with van der Waals surface area (Å²) >= 11 is 0. The van der Waals surface area contributed by atoms with Crippen LogP contribution in [0.2, 0.25) is 0 Å². The number of amides is 2. The lowest BCUT2D eigenvalue weighted by Crippen LogP contribution is -2.25. The van der Waals surface area contributed by atoms with Gasteiger partial charge in [0.1, 0.15) is 0 Å². The van der Waals surface area contributed by atoms with Gasteiger partial charge >= 0.3 is 0 Å². The molecule has 0 unspecified atom stereocenters. The van der Waals surface area contributed by atoms with Gasteiger partial charge in [0, 0.05) is 24.8 Å². The minimum Gasteiger partial charge on any atom is -0.326 e. The Hall–Kier alpha value is -3.14. The van der Waals surface area contributed by atoms with Crippen LogP contribution in [0.3, 0.4) is 0 Å². The topological polar surface area (TPSA) is 49.4 Å². The zero-order valence-electron chi connectivity index (χ0n) is 14.7. The molecule has 0 saturated heterocycles. The van der Waals surface area contributed by atoms with Crippen molar-refractivity contribution in [1.29, 1.82) is 0 Å². The van der Waals surface area contributed by atoms with Gasteiger partial charge in [-0.3, -0.25) is 9.59 Å². The predicted octanol–water partition coefficient (Wildman–Crippen LogP) is 3.93. The van der Waals surface area contributed by atoms with E-state index in [4.69, 9.17) is 0 Å². The van der Waals surface area contributed by atoms with Gasteiger partial charge in [-0.05, 0) is 40.5 Å². The molecule has 0 aliphatic carbocycles. The minimum absolute atomic E-state index is 0.0305. The van der Waals surface area contributed by atoms with Gasteiger partial charge in [0.15, 0.2) is 0 Å². The Balaban J connectivity index is 1.54. The Morgan fingerprint density at radius 2 is 1.85 bits per heavy atom. The van der Waals surface area contributed by atoms with E-state index >= 15 is 0 Å². The summed E-state index contributed by atoms with van der Waals surface area (Å²) in [6, 6.07) is 19.9. The van der Waals surface area contributed by atoms with Crippen LogP contribution >= 0.6 is 0 Å². The first kappa shape index (κ1) is 16.3. The van der Waals surface area contributed by atoms with Crippen molar-refractivity contribution < 1.29 is 9.59 Å². The van der Waals surface area contributed by atoms with Gasteiger partial charge in [0.25, 0.3) is 0 Å². The van der Waals surface area contributed by atoms with Gasteiger partial charge in [-0.1, -0.05) is 48.5 Å². The lowest BCUT2D eigenvalue weighted by atomic mass is 10.0. The van der Waals surface area contributed by atoms with Crippen LogP contribution in [0.15, 0.2) is 60.7 Å². The van der Waals surface area contributed by atoms with E-state index in [1.807, 2.05) is 60.7 Å². The van der Waals surface area contributed by atoms with Crippen LogP contribution in [0.4, 0.5) is 11.4 Å². The van der Waals surface area contributed by atoms with Crippen molar-refractivity contribution in [3.05, 3.63) is 71.8 Å². The third-order valence-electron chi connectivity index (χ3n) is 4.88. The molecule has 130 valence electrons. The van der Waals surface area contributed by atoms with Crippen molar-refractivity contribution >= 4 is 34.0 Å². The molecular weight excluding hydrogens is 324 g/mol. The number of nitrogens with one attached hydrogen (secondary N) is 1. The Morgan fingerprint density at radius 3 is 2.69 bits per heavy atom. The monoisotopic (exact) mass is 344 g/mol. The molecule has 1 heterocycles. The molecule has 1 aliphatic rings. The fourth-order valence-corrected chi connectivity index (χ4v) is 3.61. The molecule has 3 aromatic rings. The van der Waals surface area contributed by atoms with E-state index < -0.39 is 0 Å². The Morgan fingerprint density at radius 1 is 1.04 bits per heavy atom. The first-order valence-electron chi connectivity index (χ1n) is 8.79. The molecule has 0 fully saturated rings. The fraction of sp³-hybridized carbons (Fsp3) is 0.182. The molecule has 0 bridgehead atoms. The van der Waals surface area contributed by atoms with Crippen molar-refractivity contribution in [1.82, 2.24) is 0 Å². The van der Waals surface area contributed by atoms with E-state index in [-0.39, 0.29) is 11.8 Å². The number of hydrogen-bond acceptors (Lipinski definition) is 2. The molecule has 1 aliphatic heterocycles. The van der Waals surface area contributed by atoms with Gasteiger partial charge in [0.2, 0.25) is 11.8 Å². The van der Waals surface area contributed by atoms with E-state index in [0.717, 1.165) is 39.7 Å². The maximum Gasteiger partial charge on any atom is 0.228 e. The first-order valence-corrected chi connectivity index (χ1v) is 8.79. The van der Waals surface area contributed by atoms with Crippen molar-refractivity contribution in [2.75, 3.05) is 16.8 Å². The van der Waals surface area contributed by atoms with Crippen LogP contribution in [-0.4, -0.2) is 18.4 Å². The normalized spacial score (nSPS) is 12.9. The lowest BCUT2D eigenvalue weighted by molar-refractivity contribution is -0.116. The SMILES string of the molecule is CC(=O)N1CCc2ccc(NC(=O)Cc3cccc4ccccc34)cc21. The predicted molar refractivity (Wildman–Crippen MR) is 104 cm³/mol. The number of hydrogen-bond donors (Lipinski definition) is 1. The van der Waals surface area contributed by atoms with Gasteiger partial charge < -0.3 is 10.2 Å². The second-order valence-electron chi connectivity index (χ2n) is 6.63. The Labute approximate surface area is 152 Å². The summed E-state index contributed by atoms with van der Waals surface area (Å²) in [7, 11) is 0. The number of carbonyl (C=O) groups is 2. The maximum absolute atomic E-state index is 12.5. The van der Waals surface area contributed by atoms with Gasteiger partial charge in [-0.15, -0.1) is 0 Å². The summed E-state index contributed by atoms with van der Waals surface area (Å²) in [5.74, 6) is -0.0309. The zero-order chi connectivity index (χ0) is 18.1. The van der Waals surface area contributed by atoms with E-state index in [2.05, 4.69) is 5.32 Å². The summed E-state index contributed by atoms with van der Waals surface area (Å²) in [6.07, 6.45) is 1.17. The summed E-state index contributed by atoms with van der Waals surface area (Å²) in [5, 5.41) is 5.20.